The first-order chi connectivity index (χ1) is 10.2. The molecule has 0 bridgehead atoms. The average molecular weight is 300 g/mol. The SMILES string of the molecule is CCCSCC(=O)c1ccc(-c2ccc(OC)cc2)cc1. The maximum absolute atomic E-state index is 12.0. The average Bonchev–Trinajstić information content (AvgIpc) is 2.55. The summed E-state index contributed by atoms with van der Waals surface area (Å²) in [7, 11) is 1.66. The predicted octanol–water partition coefficient (Wildman–Crippen LogP) is 4.69. The first-order valence-corrected chi connectivity index (χ1v) is 8.25. The van der Waals surface area contributed by atoms with Crippen molar-refractivity contribution in [1.29, 1.82) is 0 Å². The van der Waals surface area contributed by atoms with Crippen LogP contribution in [0.15, 0.2) is 48.5 Å². The molecule has 0 aromatic heterocycles. The van der Waals surface area contributed by atoms with Crippen LogP contribution < -0.4 is 4.74 Å². The molecule has 2 rings (SSSR count). The molecule has 0 fully saturated rings. The summed E-state index contributed by atoms with van der Waals surface area (Å²) in [6.45, 7) is 2.13. The van der Waals surface area contributed by atoms with Gasteiger partial charge < -0.3 is 4.74 Å². The number of rotatable bonds is 7. The molecule has 0 unspecified atom stereocenters. The molecule has 21 heavy (non-hydrogen) atoms. The summed E-state index contributed by atoms with van der Waals surface area (Å²) in [5.41, 5.74) is 3.02. The van der Waals surface area contributed by atoms with Crippen molar-refractivity contribution in [2.24, 2.45) is 0 Å². The second-order valence-electron chi connectivity index (χ2n) is 4.78. The van der Waals surface area contributed by atoms with Crippen LogP contribution in [0.4, 0.5) is 0 Å². The van der Waals surface area contributed by atoms with E-state index in [1.807, 2.05) is 48.5 Å². The summed E-state index contributed by atoms with van der Waals surface area (Å²) in [5.74, 6) is 2.65. The Morgan fingerprint density at radius 2 is 1.57 bits per heavy atom. The van der Waals surface area contributed by atoms with Gasteiger partial charge in [-0.15, -0.1) is 0 Å². The maximum atomic E-state index is 12.0. The summed E-state index contributed by atoms with van der Waals surface area (Å²) in [5, 5.41) is 0. The Labute approximate surface area is 130 Å². The predicted molar refractivity (Wildman–Crippen MR) is 90.4 cm³/mol. The van der Waals surface area contributed by atoms with Gasteiger partial charge in [0.2, 0.25) is 0 Å². The van der Waals surface area contributed by atoms with E-state index >= 15 is 0 Å². The number of thioether (sulfide) groups is 1. The highest BCUT2D eigenvalue weighted by Gasteiger charge is 2.06. The van der Waals surface area contributed by atoms with Gasteiger partial charge in [-0.1, -0.05) is 43.3 Å². The number of ether oxygens (including phenoxy) is 1. The number of Topliss-reactive ketones (excluding diaryl/α,β-unsaturated/α-hetero) is 1. The highest BCUT2D eigenvalue weighted by atomic mass is 32.2. The lowest BCUT2D eigenvalue weighted by Gasteiger charge is -2.05. The Bertz CT molecular complexity index is 573. The van der Waals surface area contributed by atoms with Crippen molar-refractivity contribution in [3.63, 3.8) is 0 Å². The van der Waals surface area contributed by atoms with Gasteiger partial charge in [0.05, 0.1) is 12.9 Å². The fourth-order valence-corrected chi connectivity index (χ4v) is 2.81. The Hall–Kier alpha value is -1.74. The summed E-state index contributed by atoms with van der Waals surface area (Å²) >= 11 is 1.70. The third-order valence-electron chi connectivity index (χ3n) is 3.21. The molecule has 0 saturated heterocycles. The van der Waals surface area contributed by atoms with Crippen LogP contribution in [-0.2, 0) is 0 Å². The van der Waals surface area contributed by atoms with Crippen LogP contribution >= 0.6 is 11.8 Å². The standard InChI is InChI=1S/C18H20O2S/c1-3-12-21-13-18(19)16-6-4-14(5-7-16)15-8-10-17(20-2)11-9-15/h4-11H,3,12-13H2,1-2H3. The van der Waals surface area contributed by atoms with Crippen molar-refractivity contribution in [3.05, 3.63) is 54.1 Å². The van der Waals surface area contributed by atoms with Crippen LogP contribution in [-0.4, -0.2) is 24.4 Å². The van der Waals surface area contributed by atoms with Crippen LogP contribution in [0.25, 0.3) is 11.1 Å². The largest absolute Gasteiger partial charge is 0.497 e. The van der Waals surface area contributed by atoms with Crippen molar-refractivity contribution in [2.45, 2.75) is 13.3 Å². The van der Waals surface area contributed by atoms with E-state index < -0.39 is 0 Å². The Kier molecular flexibility index (Phi) is 5.88. The van der Waals surface area contributed by atoms with Crippen molar-refractivity contribution >= 4 is 17.5 Å². The second kappa shape index (κ2) is 7.89. The Morgan fingerprint density at radius 1 is 1.00 bits per heavy atom. The molecule has 0 spiro atoms. The number of methoxy groups -OCH3 is 1. The molecule has 0 saturated carbocycles. The van der Waals surface area contributed by atoms with Gasteiger partial charge in [-0.2, -0.15) is 11.8 Å². The van der Waals surface area contributed by atoms with E-state index in [-0.39, 0.29) is 5.78 Å². The highest BCUT2D eigenvalue weighted by molar-refractivity contribution is 7.99. The normalized spacial score (nSPS) is 10.4. The van der Waals surface area contributed by atoms with E-state index in [1.54, 1.807) is 18.9 Å². The van der Waals surface area contributed by atoms with E-state index in [0.29, 0.717) is 5.75 Å². The summed E-state index contributed by atoms with van der Waals surface area (Å²) in [6, 6.07) is 15.7. The summed E-state index contributed by atoms with van der Waals surface area (Å²) < 4.78 is 5.16. The van der Waals surface area contributed by atoms with Gasteiger partial charge in [0.1, 0.15) is 5.75 Å². The topological polar surface area (TPSA) is 26.3 Å². The number of hydrogen-bond donors (Lipinski definition) is 0. The van der Waals surface area contributed by atoms with Crippen molar-refractivity contribution in [3.8, 4) is 16.9 Å². The molecule has 0 radical (unpaired) electrons. The van der Waals surface area contributed by atoms with Gasteiger partial charge in [-0.3, -0.25) is 4.79 Å². The minimum atomic E-state index is 0.203. The van der Waals surface area contributed by atoms with Crippen LogP contribution in [0.3, 0.4) is 0 Å². The van der Waals surface area contributed by atoms with Gasteiger partial charge >= 0.3 is 0 Å². The Morgan fingerprint density at radius 3 is 2.10 bits per heavy atom. The lowest BCUT2D eigenvalue weighted by Crippen LogP contribution is -2.02. The van der Waals surface area contributed by atoms with Gasteiger partial charge in [0.25, 0.3) is 0 Å². The van der Waals surface area contributed by atoms with E-state index in [0.717, 1.165) is 34.6 Å². The molecular formula is C18H20O2S. The minimum Gasteiger partial charge on any atom is -0.497 e. The molecule has 0 aliphatic carbocycles. The molecule has 2 nitrogen and oxygen atoms in total. The van der Waals surface area contributed by atoms with Crippen LogP contribution in [0.5, 0.6) is 5.75 Å². The molecule has 0 aliphatic rings. The molecule has 0 heterocycles. The molecule has 0 amide bonds. The molecule has 0 aliphatic heterocycles. The van der Waals surface area contributed by atoms with Crippen LogP contribution in [0.1, 0.15) is 23.7 Å². The van der Waals surface area contributed by atoms with Crippen molar-refractivity contribution in [2.75, 3.05) is 18.6 Å². The third kappa shape index (κ3) is 4.36. The van der Waals surface area contributed by atoms with E-state index in [2.05, 4.69) is 6.92 Å². The van der Waals surface area contributed by atoms with Gasteiger partial charge in [-0.25, -0.2) is 0 Å². The summed E-state index contributed by atoms with van der Waals surface area (Å²) in [6.07, 6.45) is 1.11. The molecule has 2 aromatic rings. The maximum Gasteiger partial charge on any atom is 0.172 e. The molecular weight excluding hydrogens is 280 g/mol. The monoisotopic (exact) mass is 300 g/mol. The van der Waals surface area contributed by atoms with Gasteiger partial charge in [0, 0.05) is 5.56 Å². The Balaban J connectivity index is 2.05. The number of benzene rings is 2. The van der Waals surface area contributed by atoms with Gasteiger partial charge in [-0.05, 0) is 35.4 Å². The van der Waals surface area contributed by atoms with Crippen LogP contribution in [0, 0.1) is 0 Å². The fraction of sp³-hybridized carbons (Fsp3) is 0.278. The number of hydrogen-bond acceptors (Lipinski definition) is 3. The number of carbonyl (C=O) groups excluding carboxylic acids is 1. The summed E-state index contributed by atoms with van der Waals surface area (Å²) in [4.78, 5) is 12.0. The fourth-order valence-electron chi connectivity index (χ4n) is 2.02. The number of carbonyl (C=O) groups is 1. The minimum absolute atomic E-state index is 0.203. The zero-order valence-electron chi connectivity index (χ0n) is 12.5. The first kappa shape index (κ1) is 15.6. The molecule has 110 valence electrons. The third-order valence-corrected chi connectivity index (χ3v) is 4.38. The van der Waals surface area contributed by atoms with Gasteiger partial charge in [0.15, 0.2) is 5.78 Å². The lowest BCUT2D eigenvalue weighted by molar-refractivity contribution is 0.102. The van der Waals surface area contributed by atoms with Crippen molar-refractivity contribution < 1.29 is 9.53 Å². The van der Waals surface area contributed by atoms with Crippen molar-refractivity contribution in [1.82, 2.24) is 0 Å². The van der Waals surface area contributed by atoms with E-state index in [4.69, 9.17) is 4.74 Å². The van der Waals surface area contributed by atoms with Crippen LogP contribution in [0.2, 0.25) is 0 Å². The molecule has 3 heteroatoms. The molecule has 0 atom stereocenters. The molecule has 0 N–H and O–H groups in total. The quantitative estimate of drug-likeness (QED) is 0.548. The van der Waals surface area contributed by atoms with E-state index in [9.17, 15) is 4.79 Å². The molecule has 2 aromatic carbocycles. The van der Waals surface area contributed by atoms with E-state index in [1.165, 1.54) is 0 Å². The second-order valence-corrected chi connectivity index (χ2v) is 5.89. The zero-order chi connectivity index (χ0) is 15.1. The first-order valence-electron chi connectivity index (χ1n) is 7.10. The number of ketones is 1. The highest BCUT2D eigenvalue weighted by Crippen LogP contribution is 2.23. The zero-order valence-corrected chi connectivity index (χ0v) is 13.3. The lowest BCUT2D eigenvalue weighted by atomic mass is 10.0. The smallest absolute Gasteiger partial charge is 0.172 e.